The number of halogens is 3. The molecule has 0 aliphatic heterocycles. The second-order valence-electron chi connectivity index (χ2n) is 2.60. The fourth-order valence-electron chi connectivity index (χ4n) is 0.857. The molecule has 0 aromatic heterocycles. The molecule has 0 saturated carbocycles. The second-order valence-corrected chi connectivity index (χ2v) is 3.75. The first kappa shape index (κ1) is 12.6. The Morgan fingerprint density at radius 3 is 2.25 bits per heavy atom. The number of hydrogen-bond acceptors (Lipinski definition) is 4. The molecule has 2 N–H and O–H groups in total. The molecular weight excluding hydrogens is 251 g/mol. The van der Waals surface area contributed by atoms with Crippen molar-refractivity contribution in [1.82, 2.24) is 0 Å². The summed E-state index contributed by atoms with van der Waals surface area (Å²) in [5.41, 5.74) is 0. The fourth-order valence-corrected chi connectivity index (χ4v) is 1.23. The van der Waals surface area contributed by atoms with Gasteiger partial charge in [0.25, 0.3) is 0 Å². The van der Waals surface area contributed by atoms with Crippen molar-refractivity contribution in [2.75, 3.05) is 0 Å². The summed E-state index contributed by atoms with van der Waals surface area (Å²) >= 11 is 0. The van der Waals surface area contributed by atoms with Gasteiger partial charge in [-0.15, -0.1) is 13.2 Å². The van der Waals surface area contributed by atoms with Crippen LogP contribution in [0.2, 0.25) is 0 Å². The molecule has 0 aliphatic carbocycles. The van der Waals surface area contributed by atoms with Crippen LogP contribution in [0.15, 0.2) is 24.3 Å². The smallest absolute Gasteiger partial charge is 0.406 e. The lowest BCUT2D eigenvalue weighted by atomic mass is 10.3. The van der Waals surface area contributed by atoms with Gasteiger partial charge in [-0.25, -0.2) is 0 Å². The molecule has 0 bridgehead atoms. The molecule has 9 heteroatoms. The van der Waals surface area contributed by atoms with Crippen molar-refractivity contribution in [1.29, 1.82) is 0 Å². The Labute approximate surface area is 88.8 Å². The lowest BCUT2D eigenvalue weighted by Gasteiger charge is -2.09. The SMILES string of the molecule is NS(=O)(=O)Oc1cccc(OC(F)(F)F)c1. The van der Waals surface area contributed by atoms with E-state index in [9.17, 15) is 21.6 Å². The highest BCUT2D eigenvalue weighted by molar-refractivity contribution is 7.84. The van der Waals surface area contributed by atoms with Crippen molar-refractivity contribution in [3.05, 3.63) is 24.3 Å². The van der Waals surface area contributed by atoms with Crippen molar-refractivity contribution in [2.24, 2.45) is 5.14 Å². The highest BCUT2D eigenvalue weighted by Crippen LogP contribution is 2.26. The summed E-state index contributed by atoms with van der Waals surface area (Å²) in [6.07, 6.45) is -4.86. The highest BCUT2D eigenvalue weighted by atomic mass is 32.2. The van der Waals surface area contributed by atoms with Gasteiger partial charge in [0.15, 0.2) is 0 Å². The molecule has 16 heavy (non-hydrogen) atoms. The van der Waals surface area contributed by atoms with Gasteiger partial charge in [0.2, 0.25) is 0 Å². The monoisotopic (exact) mass is 257 g/mol. The molecule has 0 heterocycles. The van der Waals surface area contributed by atoms with E-state index in [0.717, 1.165) is 24.3 Å². The normalized spacial score (nSPS) is 12.2. The zero-order chi connectivity index (χ0) is 12.4. The average molecular weight is 257 g/mol. The van der Waals surface area contributed by atoms with E-state index in [1.165, 1.54) is 0 Å². The summed E-state index contributed by atoms with van der Waals surface area (Å²) in [6, 6.07) is 3.98. The number of benzene rings is 1. The van der Waals surface area contributed by atoms with Crippen LogP contribution in [0.1, 0.15) is 0 Å². The zero-order valence-corrected chi connectivity index (χ0v) is 8.38. The van der Waals surface area contributed by atoms with Crippen molar-refractivity contribution < 1.29 is 30.5 Å². The third kappa shape index (κ3) is 4.84. The third-order valence-corrected chi connectivity index (χ3v) is 1.68. The Morgan fingerprint density at radius 1 is 1.19 bits per heavy atom. The van der Waals surface area contributed by atoms with Crippen molar-refractivity contribution >= 4 is 10.3 Å². The maximum absolute atomic E-state index is 11.8. The summed E-state index contributed by atoms with van der Waals surface area (Å²) in [5, 5.41) is 4.53. The van der Waals surface area contributed by atoms with Crippen molar-refractivity contribution in [2.45, 2.75) is 6.36 Å². The first-order valence-corrected chi connectivity index (χ1v) is 5.21. The summed E-state index contributed by atoms with van der Waals surface area (Å²) in [6.45, 7) is 0. The van der Waals surface area contributed by atoms with Crippen molar-refractivity contribution in [3.8, 4) is 11.5 Å². The number of alkyl halides is 3. The number of hydrogen-bond donors (Lipinski definition) is 1. The van der Waals surface area contributed by atoms with Crippen LogP contribution in [-0.2, 0) is 10.3 Å². The zero-order valence-electron chi connectivity index (χ0n) is 7.56. The van der Waals surface area contributed by atoms with Gasteiger partial charge < -0.3 is 8.92 Å². The summed E-state index contributed by atoms with van der Waals surface area (Å²) in [4.78, 5) is 0. The largest absolute Gasteiger partial charge is 0.573 e. The van der Waals surface area contributed by atoms with E-state index in [4.69, 9.17) is 0 Å². The van der Waals surface area contributed by atoms with Crippen LogP contribution >= 0.6 is 0 Å². The van der Waals surface area contributed by atoms with Gasteiger partial charge >= 0.3 is 16.7 Å². The van der Waals surface area contributed by atoms with Gasteiger partial charge in [0.05, 0.1) is 0 Å². The summed E-state index contributed by atoms with van der Waals surface area (Å²) in [7, 11) is -4.27. The first-order valence-electron chi connectivity index (χ1n) is 3.74. The van der Waals surface area contributed by atoms with Crippen molar-refractivity contribution in [3.63, 3.8) is 0 Å². The Kier molecular flexibility index (Phi) is 3.29. The van der Waals surface area contributed by atoms with Gasteiger partial charge in [0.1, 0.15) is 11.5 Å². The van der Waals surface area contributed by atoms with Crippen LogP contribution < -0.4 is 14.1 Å². The van der Waals surface area contributed by atoms with E-state index in [2.05, 4.69) is 14.1 Å². The van der Waals surface area contributed by atoms with E-state index >= 15 is 0 Å². The van der Waals surface area contributed by atoms with E-state index in [-0.39, 0.29) is 5.75 Å². The van der Waals surface area contributed by atoms with E-state index in [1.807, 2.05) is 0 Å². The molecule has 1 aromatic carbocycles. The van der Waals surface area contributed by atoms with Crippen LogP contribution in [0.4, 0.5) is 13.2 Å². The van der Waals surface area contributed by atoms with Gasteiger partial charge in [-0.1, -0.05) is 6.07 Å². The minimum absolute atomic E-state index is 0.371. The third-order valence-electron chi connectivity index (χ3n) is 1.25. The van der Waals surface area contributed by atoms with Gasteiger partial charge in [-0.3, -0.25) is 0 Å². The molecule has 90 valence electrons. The van der Waals surface area contributed by atoms with Crippen LogP contribution in [0, 0.1) is 0 Å². The summed E-state index contributed by atoms with van der Waals surface area (Å²) in [5.74, 6) is -0.974. The molecule has 0 saturated heterocycles. The molecule has 0 spiro atoms. The van der Waals surface area contributed by atoms with Crippen LogP contribution in [0.5, 0.6) is 11.5 Å². The molecule has 5 nitrogen and oxygen atoms in total. The standard InChI is InChI=1S/C7H6F3NO4S/c8-7(9,10)14-5-2-1-3-6(4-5)15-16(11,12)13/h1-4H,(H2,11,12,13). The van der Waals surface area contributed by atoms with E-state index < -0.39 is 22.4 Å². The van der Waals surface area contributed by atoms with Crippen LogP contribution in [0.25, 0.3) is 0 Å². The fraction of sp³-hybridized carbons (Fsp3) is 0.143. The molecule has 0 atom stereocenters. The molecule has 0 unspecified atom stereocenters. The van der Waals surface area contributed by atoms with Crippen LogP contribution in [0.3, 0.4) is 0 Å². The maximum atomic E-state index is 11.8. The predicted molar refractivity (Wildman–Crippen MR) is 46.9 cm³/mol. The number of ether oxygens (including phenoxy) is 1. The minimum atomic E-state index is -4.86. The highest BCUT2D eigenvalue weighted by Gasteiger charge is 2.31. The minimum Gasteiger partial charge on any atom is -0.406 e. The Morgan fingerprint density at radius 2 is 1.75 bits per heavy atom. The number of nitrogens with two attached hydrogens (primary N) is 1. The molecule has 1 rings (SSSR count). The predicted octanol–water partition coefficient (Wildman–Crippen LogP) is 1.17. The lowest BCUT2D eigenvalue weighted by molar-refractivity contribution is -0.274. The molecule has 0 fully saturated rings. The van der Waals surface area contributed by atoms with E-state index in [0.29, 0.717) is 0 Å². The first-order chi connectivity index (χ1) is 7.16. The average Bonchev–Trinajstić information content (AvgIpc) is 1.96. The van der Waals surface area contributed by atoms with Gasteiger partial charge in [-0.05, 0) is 12.1 Å². The van der Waals surface area contributed by atoms with Crippen LogP contribution in [-0.4, -0.2) is 14.8 Å². The lowest BCUT2D eigenvalue weighted by Crippen LogP contribution is -2.19. The Balaban J connectivity index is 2.88. The van der Waals surface area contributed by atoms with Gasteiger partial charge in [-0.2, -0.15) is 13.6 Å². The quantitative estimate of drug-likeness (QED) is 0.881. The Bertz CT molecular complexity index is 471. The molecule has 1 aromatic rings. The molecule has 0 radical (unpaired) electrons. The van der Waals surface area contributed by atoms with E-state index in [1.54, 1.807) is 0 Å². The Hall–Kier alpha value is -1.48. The molecular formula is C7H6F3NO4S. The number of rotatable bonds is 3. The second kappa shape index (κ2) is 4.18. The summed E-state index contributed by atoms with van der Waals surface area (Å²) < 4.78 is 64.1. The van der Waals surface area contributed by atoms with Gasteiger partial charge in [0, 0.05) is 6.07 Å². The molecule has 0 amide bonds. The molecule has 0 aliphatic rings. The topological polar surface area (TPSA) is 78.6 Å². The maximum Gasteiger partial charge on any atom is 0.573 e.